The number of aliphatic hydroxyl groups is 2. The third-order valence-electron chi connectivity index (χ3n) is 2.72. The van der Waals surface area contributed by atoms with E-state index in [4.69, 9.17) is 10.2 Å². The van der Waals surface area contributed by atoms with Crippen molar-refractivity contribution in [2.24, 2.45) is 0 Å². The molecule has 0 aliphatic heterocycles. The molecule has 0 atom stereocenters. The first kappa shape index (κ1) is 15.7. The Kier molecular flexibility index (Phi) is 5.29. The summed E-state index contributed by atoms with van der Waals surface area (Å²) in [7, 11) is 0. The molecule has 0 unspecified atom stereocenters. The monoisotopic (exact) mass is 300 g/mol. The number of aliphatic hydroxyl groups excluding tert-OH is 1. The summed E-state index contributed by atoms with van der Waals surface area (Å²) in [6.07, 6.45) is 6.52. The maximum Gasteiger partial charge on any atom is 0.277 e. The van der Waals surface area contributed by atoms with Crippen molar-refractivity contribution < 1.29 is 15.0 Å². The SMILES string of the molecule is Cc1cncc(C(=O)Nc2ccc(C/C=C/C(O)O)cn2)n1. The average Bonchev–Trinajstić information content (AvgIpc) is 2.48. The van der Waals surface area contributed by atoms with E-state index in [0.29, 0.717) is 17.9 Å². The summed E-state index contributed by atoms with van der Waals surface area (Å²) in [4.78, 5) is 24.1. The van der Waals surface area contributed by atoms with Gasteiger partial charge < -0.3 is 15.5 Å². The Morgan fingerprint density at radius 3 is 2.77 bits per heavy atom. The number of nitrogens with one attached hydrogen (secondary N) is 1. The Bertz CT molecular complexity index is 669. The van der Waals surface area contributed by atoms with E-state index in [-0.39, 0.29) is 11.6 Å². The van der Waals surface area contributed by atoms with Crippen molar-refractivity contribution in [3.05, 3.63) is 59.8 Å². The molecule has 2 aromatic heterocycles. The van der Waals surface area contributed by atoms with Gasteiger partial charge in [0.15, 0.2) is 6.29 Å². The smallest absolute Gasteiger partial charge is 0.277 e. The molecule has 7 nitrogen and oxygen atoms in total. The number of rotatable bonds is 5. The van der Waals surface area contributed by atoms with Crippen molar-refractivity contribution >= 4 is 11.7 Å². The van der Waals surface area contributed by atoms with E-state index < -0.39 is 6.29 Å². The van der Waals surface area contributed by atoms with Crippen LogP contribution in [0.4, 0.5) is 5.82 Å². The number of aryl methyl sites for hydroxylation is 1. The second-order valence-corrected chi connectivity index (χ2v) is 4.60. The van der Waals surface area contributed by atoms with E-state index in [2.05, 4.69) is 20.3 Å². The molecule has 2 heterocycles. The summed E-state index contributed by atoms with van der Waals surface area (Å²) >= 11 is 0. The van der Waals surface area contributed by atoms with Crippen LogP contribution in [0.2, 0.25) is 0 Å². The first-order chi connectivity index (χ1) is 10.5. The maximum atomic E-state index is 12.0. The summed E-state index contributed by atoms with van der Waals surface area (Å²) in [5.41, 5.74) is 1.77. The molecule has 0 radical (unpaired) electrons. The van der Waals surface area contributed by atoms with E-state index in [1.165, 1.54) is 12.3 Å². The number of amides is 1. The third kappa shape index (κ3) is 4.72. The Balaban J connectivity index is 1.97. The number of hydrogen-bond acceptors (Lipinski definition) is 6. The molecule has 0 spiro atoms. The van der Waals surface area contributed by atoms with Gasteiger partial charge in [-0.2, -0.15) is 0 Å². The Labute approximate surface area is 127 Å². The minimum atomic E-state index is -1.46. The predicted molar refractivity (Wildman–Crippen MR) is 80.0 cm³/mol. The zero-order valence-electron chi connectivity index (χ0n) is 12.0. The molecular weight excluding hydrogens is 284 g/mol. The van der Waals surface area contributed by atoms with Crippen molar-refractivity contribution in [1.82, 2.24) is 15.0 Å². The van der Waals surface area contributed by atoms with E-state index in [1.54, 1.807) is 37.5 Å². The molecule has 0 aromatic carbocycles. The Hall–Kier alpha value is -2.64. The average molecular weight is 300 g/mol. The van der Waals surface area contributed by atoms with Crippen molar-refractivity contribution in [3.63, 3.8) is 0 Å². The number of aromatic nitrogens is 3. The molecule has 0 fully saturated rings. The molecule has 0 bridgehead atoms. The van der Waals surface area contributed by atoms with Gasteiger partial charge in [0.2, 0.25) is 0 Å². The normalized spacial score (nSPS) is 11.1. The highest BCUT2D eigenvalue weighted by Crippen LogP contribution is 2.08. The molecule has 22 heavy (non-hydrogen) atoms. The minimum absolute atomic E-state index is 0.228. The van der Waals surface area contributed by atoms with Crippen LogP contribution >= 0.6 is 0 Å². The van der Waals surface area contributed by atoms with Crippen LogP contribution in [0.3, 0.4) is 0 Å². The molecule has 7 heteroatoms. The summed E-state index contributed by atoms with van der Waals surface area (Å²) in [5.74, 6) is 0.0305. The van der Waals surface area contributed by atoms with Crippen LogP contribution in [0.5, 0.6) is 0 Å². The highest BCUT2D eigenvalue weighted by molar-refractivity contribution is 6.02. The maximum absolute atomic E-state index is 12.0. The van der Waals surface area contributed by atoms with E-state index in [1.807, 2.05) is 0 Å². The van der Waals surface area contributed by atoms with E-state index >= 15 is 0 Å². The Morgan fingerprint density at radius 2 is 2.14 bits per heavy atom. The lowest BCUT2D eigenvalue weighted by molar-refractivity contribution is 0.00220. The lowest BCUT2D eigenvalue weighted by Gasteiger charge is -2.05. The van der Waals surface area contributed by atoms with Gasteiger partial charge in [-0.1, -0.05) is 12.1 Å². The van der Waals surface area contributed by atoms with Crippen molar-refractivity contribution in [1.29, 1.82) is 0 Å². The van der Waals surface area contributed by atoms with Crippen LogP contribution in [0.15, 0.2) is 42.9 Å². The highest BCUT2D eigenvalue weighted by Gasteiger charge is 2.08. The van der Waals surface area contributed by atoms with Gasteiger partial charge in [0.25, 0.3) is 5.91 Å². The number of carbonyl (C=O) groups is 1. The second-order valence-electron chi connectivity index (χ2n) is 4.60. The largest absolute Gasteiger partial charge is 0.365 e. The fraction of sp³-hybridized carbons (Fsp3) is 0.200. The van der Waals surface area contributed by atoms with Crippen molar-refractivity contribution in [3.8, 4) is 0 Å². The number of carbonyl (C=O) groups excluding carboxylic acids is 1. The van der Waals surface area contributed by atoms with Crippen LogP contribution in [-0.2, 0) is 6.42 Å². The number of anilines is 1. The van der Waals surface area contributed by atoms with Gasteiger partial charge in [-0.25, -0.2) is 9.97 Å². The van der Waals surface area contributed by atoms with Gasteiger partial charge in [-0.3, -0.25) is 9.78 Å². The summed E-state index contributed by atoms with van der Waals surface area (Å²) in [6, 6.07) is 3.46. The number of nitrogens with zero attached hydrogens (tertiary/aromatic N) is 3. The van der Waals surface area contributed by atoms with Gasteiger partial charge in [-0.05, 0) is 31.1 Å². The second kappa shape index (κ2) is 7.39. The first-order valence-corrected chi connectivity index (χ1v) is 6.62. The molecular formula is C15H16N4O3. The predicted octanol–water partition coefficient (Wildman–Crippen LogP) is 0.842. The number of hydrogen-bond donors (Lipinski definition) is 3. The molecule has 0 saturated carbocycles. The first-order valence-electron chi connectivity index (χ1n) is 6.62. The van der Waals surface area contributed by atoms with Gasteiger partial charge in [0.05, 0.1) is 11.9 Å². The van der Waals surface area contributed by atoms with E-state index in [9.17, 15) is 4.79 Å². The fourth-order valence-electron chi connectivity index (χ4n) is 1.70. The zero-order chi connectivity index (χ0) is 15.9. The fourth-order valence-corrected chi connectivity index (χ4v) is 1.70. The van der Waals surface area contributed by atoms with Crippen LogP contribution in [0, 0.1) is 6.92 Å². The summed E-state index contributed by atoms with van der Waals surface area (Å²) in [6.45, 7) is 1.76. The molecule has 114 valence electrons. The molecule has 1 amide bonds. The lowest BCUT2D eigenvalue weighted by Crippen LogP contribution is -2.15. The van der Waals surface area contributed by atoms with Gasteiger partial charge in [-0.15, -0.1) is 0 Å². The molecule has 0 aliphatic rings. The molecule has 2 rings (SSSR count). The molecule has 0 aliphatic carbocycles. The van der Waals surface area contributed by atoms with Crippen LogP contribution in [-0.4, -0.2) is 37.4 Å². The molecule has 0 saturated heterocycles. The van der Waals surface area contributed by atoms with Crippen LogP contribution in [0.25, 0.3) is 0 Å². The minimum Gasteiger partial charge on any atom is -0.365 e. The van der Waals surface area contributed by atoms with Gasteiger partial charge >= 0.3 is 0 Å². The van der Waals surface area contributed by atoms with E-state index in [0.717, 1.165) is 5.56 Å². The third-order valence-corrected chi connectivity index (χ3v) is 2.72. The van der Waals surface area contributed by atoms with Gasteiger partial charge in [0.1, 0.15) is 11.5 Å². The number of pyridine rings is 1. The molecule has 3 N–H and O–H groups in total. The summed E-state index contributed by atoms with van der Waals surface area (Å²) < 4.78 is 0. The van der Waals surface area contributed by atoms with Gasteiger partial charge in [0, 0.05) is 12.4 Å². The van der Waals surface area contributed by atoms with Crippen molar-refractivity contribution in [2.75, 3.05) is 5.32 Å². The Morgan fingerprint density at radius 1 is 1.32 bits per heavy atom. The zero-order valence-corrected chi connectivity index (χ0v) is 12.0. The standard InChI is InChI=1S/C15H16N4O3/c1-10-7-16-9-12(18-10)15(22)19-13-6-5-11(8-17-13)3-2-4-14(20)21/h2,4-9,14,20-21H,3H2,1H3,(H,17,19,22)/b4-2+. The number of allylic oxidation sites excluding steroid dienone is 1. The lowest BCUT2D eigenvalue weighted by atomic mass is 10.2. The topological polar surface area (TPSA) is 108 Å². The molecule has 2 aromatic rings. The van der Waals surface area contributed by atoms with Crippen molar-refractivity contribution in [2.45, 2.75) is 19.6 Å². The quantitative estimate of drug-likeness (QED) is 0.558. The highest BCUT2D eigenvalue weighted by atomic mass is 16.5. The van der Waals surface area contributed by atoms with Crippen LogP contribution < -0.4 is 5.32 Å². The van der Waals surface area contributed by atoms with Crippen LogP contribution in [0.1, 0.15) is 21.7 Å². The summed E-state index contributed by atoms with van der Waals surface area (Å²) in [5, 5.41) is 20.0.